The van der Waals surface area contributed by atoms with Gasteiger partial charge < -0.3 is 19.9 Å². The monoisotopic (exact) mass is 348 g/mol. The van der Waals surface area contributed by atoms with Gasteiger partial charge in [0.1, 0.15) is 17.2 Å². The van der Waals surface area contributed by atoms with Crippen molar-refractivity contribution in [1.29, 1.82) is 10.7 Å². The molecule has 4 rings (SSSR count). The van der Waals surface area contributed by atoms with Crippen LogP contribution in [0.15, 0.2) is 39.6 Å². The van der Waals surface area contributed by atoms with Crippen LogP contribution in [0.2, 0.25) is 0 Å². The molecule has 1 atom stereocenters. The van der Waals surface area contributed by atoms with E-state index in [4.69, 9.17) is 25.2 Å². The molecule has 0 amide bonds. The van der Waals surface area contributed by atoms with Crippen LogP contribution in [0.25, 0.3) is 0 Å². The molecule has 0 fully saturated rings. The van der Waals surface area contributed by atoms with Crippen LogP contribution in [-0.4, -0.2) is 15.7 Å². The molecule has 8 heteroatoms. The molecule has 2 heterocycles. The number of fused-ring (bicyclic) bond motifs is 1. The Morgan fingerprint density at radius 3 is 3.08 bits per heavy atom. The summed E-state index contributed by atoms with van der Waals surface area (Å²) >= 11 is 0. The zero-order valence-electron chi connectivity index (χ0n) is 13.8. The number of oxazole rings is 2. The van der Waals surface area contributed by atoms with Crippen molar-refractivity contribution in [3.63, 3.8) is 0 Å². The van der Waals surface area contributed by atoms with Gasteiger partial charge in [0.05, 0.1) is 12.2 Å². The SMILES string of the molecule is N#Cc1nc2c(o1)CCCC2Nc1ccc(N)c(C(=N)c2cnco2)c1. The first kappa shape index (κ1) is 15.9. The second kappa shape index (κ2) is 6.37. The summed E-state index contributed by atoms with van der Waals surface area (Å²) in [6.45, 7) is 0. The summed E-state index contributed by atoms with van der Waals surface area (Å²) in [7, 11) is 0. The topological polar surface area (TPSA) is 138 Å². The Labute approximate surface area is 149 Å². The van der Waals surface area contributed by atoms with Crippen LogP contribution < -0.4 is 11.1 Å². The van der Waals surface area contributed by atoms with Gasteiger partial charge in [-0.3, -0.25) is 5.41 Å². The molecule has 2 aromatic heterocycles. The number of hydrogen-bond acceptors (Lipinski definition) is 8. The smallest absolute Gasteiger partial charge is 0.301 e. The van der Waals surface area contributed by atoms with Gasteiger partial charge in [0, 0.05) is 23.4 Å². The molecule has 3 aromatic rings. The number of benzene rings is 1. The lowest BCUT2D eigenvalue weighted by atomic mass is 9.96. The van der Waals surface area contributed by atoms with E-state index in [0.29, 0.717) is 17.0 Å². The number of anilines is 2. The fraction of sp³-hybridized carbons (Fsp3) is 0.222. The van der Waals surface area contributed by atoms with Crippen molar-refractivity contribution in [2.24, 2.45) is 0 Å². The van der Waals surface area contributed by atoms with Crippen LogP contribution in [0.4, 0.5) is 11.4 Å². The Balaban J connectivity index is 1.62. The molecule has 0 aliphatic heterocycles. The summed E-state index contributed by atoms with van der Waals surface area (Å²) < 4.78 is 10.7. The van der Waals surface area contributed by atoms with Gasteiger partial charge in [0.15, 0.2) is 18.2 Å². The van der Waals surface area contributed by atoms with Crippen LogP contribution in [0.3, 0.4) is 0 Å². The molecule has 26 heavy (non-hydrogen) atoms. The molecule has 1 aromatic carbocycles. The summed E-state index contributed by atoms with van der Waals surface area (Å²) in [6.07, 6.45) is 5.37. The van der Waals surface area contributed by atoms with E-state index in [0.717, 1.165) is 36.4 Å². The Morgan fingerprint density at radius 2 is 2.31 bits per heavy atom. The average Bonchev–Trinajstić information content (AvgIpc) is 3.32. The maximum atomic E-state index is 9.00. The minimum atomic E-state index is -0.0551. The van der Waals surface area contributed by atoms with E-state index in [1.807, 2.05) is 12.1 Å². The molecule has 4 N–H and O–H groups in total. The molecule has 1 unspecified atom stereocenters. The summed E-state index contributed by atoms with van der Waals surface area (Å²) in [6, 6.07) is 7.30. The third-order valence-electron chi connectivity index (χ3n) is 4.39. The van der Waals surface area contributed by atoms with Crippen molar-refractivity contribution < 1.29 is 8.83 Å². The maximum absolute atomic E-state index is 9.00. The van der Waals surface area contributed by atoms with E-state index in [-0.39, 0.29) is 17.6 Å². The normalized spacial score (nSPS) is 15.9. The van der Waals surface area contributed by atoms with Crippen molar-refractivity contribution in [2.45, 2.75) is 25.3 Å². The summed E-state index contributed by atoms with van der Waals surface area (Å²) in [4.78, 5) is 8.12. The van der Waals surface area contributed by atoms with Gasteiger partial charge in [-0.05, 0) is 31.0 Å². The predicted molar refractivity (Wildman–Crippen MR) is 93.8 cm³/mol. The zero-order chi connectivity index (χ0) is 18.1. The number of nitrogens with one attached hydrogen (secondary N) is 2. The van der Waals surface area contributed by atoms with Crippen molar-refractivity contribution in [2.75, 3.05) is 11.1 Å². The Kier molecular flexibility index (Phi) is 3.89. The minimum absolute atomic E-state index is 0.0551. The standard InChI is InChI=1S/C18H16N6O2/c19-7-16-24-18-13(2-1-3-14(18)26-16)23-10-4-5-12(20)11(6-10)17(21)15-8-22-9-25-15/h4-6,8-9,13,21,23H,1-3,20H2. The Morgan fingerprint density at radius 1 is 1.42 bits per heavy atom. The molecule has 130 valence electrons. The number of nitrogens with two attached hydrogens (primary N) is 1. The molecular weight excluding hydrogens is 332 g/mol. The average molecular weight is 348 g/mol. The highest BCUT2D eigenvalue weighted by Gasteiger charge is 2.26. The first-order valence-electron chi connectivity index (χ1n) is 8.19. The van der Waals surface area contributed by atoms with Crippen molar-refractivity contribution in [3.8, 4) is 6.07 Å². The van der Waals surface area contributed by atoms with E-state index in [1.165, 1.54) is 12.6 Å². The maximum Gasteiger partial charge on any atom is 0.301 e. The van der Waals surface area contributed by atoms with Gasteiger partial charge in [-0.15, -0.1) is 0 Å². The molecule has 0 spiro atoms. The van der Waals surface area contributed by atoms with E-state index < -0.39 is 0 Å². The van der Waals surface area contributed by atoms with Crippen LogP contribution in [0.1, 0.15) is 47.6 Å². The van der Waals surface area contributed by atoms with Gasteiger partial charge in [0.2, 0.25) is 0 Å². The third-order valence-corrected chi connectivity index (χ3v) is 4.39. The van der Waals surface area contributed by atoms with Crippen LogP contribution in [0, 0.1) is 16.7 Å². The minimum Gasteiger partial charge on any atom is -0.442 e. The fourth-order valence-electron chi connectivity index (χ4n) is 3.14. The van der Waals surface area contributed by atoms with Gasteiger partial charge in [-0.25, -0.2) is 9.97 Å². The lowest BCUT2D eigenvalue weighted by molar-refractivity contribution is 0.454. The van der Waals surface area contributed by atoms with Crippen LogP contribution in [0.5, 0.6) is 0 Å². The number of hydrogen-bond donors (Lipinski definition) is 3. The molecule has 0 radical (unpaired) electrons. The van der Waals surface area contributed by atoms with Gasteiger partial charge >= 0.3 is 5.89 Å². The van der Waals surface area contributed by atoms with E-state index in [9.17, 15) is 0 Å². The van der Waals surface area contributed by atoms with Crippen LogP contribution >= 0.6 is 0 Å². The fourth-order valence-corrected chi connectivity index (χ4v) is 3.14. The Bertz CT molecular complexity index is 999. The lowest BCUT2D eigenvalue weighted by Gasteiger charge is -2.23. The van der Waals surface area contributed by atoms with Gasteiger partial charge in [-0.2, -0.15) is 5.26 Å². The van der Waals surface area contributed by atoms with Crippen molar-refractivity contribution in [1.82, 2.24) is 9.97 Å². The number of nitriles is 1. The zero-order valence-corrected chi connectivity index (χ0v) is 13.8. The molecule has 0 saturated heterocycles. The molecule has 1 aliphatic rings. The Hall–Kier alpha value is -3.60. The highest BCUT2D eigenvalue weighted by atomic mass is 16.4. The third kappa shape index (κ3) is 2.80. The second-order valence-electron chi connectivity index (χ2n) is 6.07. The molecule has 0 saturated carbocycles. The summed E-state index contributed by atoms with van der Waals surface area (Å²) in [5, 5.41) is 20.7. The number of rotatable bonds is 4. The summed E-state index contributed by atoms with van der Waals surface area (Å²) in [5.41, 5.74) is 8.82. The van der Waals surface area contributed by atoms with E-state index in [1.54, 1.807) is 12.1 Å². The number of aromatic nitrogens is 2. The van der Waals surface area contributed by atoms with E-state index >= 15 is 0 Å². The highest BCUT2D eigenvalue weighted by molar-refractivity contribution is 6.12. The first-order chi connectivity index (χ1) is 12.7. The predicted octanol–water partition coefficient (Wildman–Crippen LogP) is 3.02. The van der Waals surface area contributed by atoms with Gasteiger partial charge in [0.25, 0.3) is 0 Å². The van der Waals surface area contributed by atoms with Crippen LogP contribution in [-0.2, 0) is 6.42 Å². The highest BCUT2D eigenvalue weighted by Crippen LogP contribution is 2.33. The largest absolute Gasteiger partial charge is 0.442 e. The quantitative estimate of drug-likeness (QED) is 0.486. The van der Waals surface area contributed by atoms with E-state index in [2.05, 4.69) is 15.3 Å². The molecule has 1 aliphatic carbocycles. The van der Waals surface area contributed by atoms with Crippen molar-refractivity contribution in [3.05, 3.63) is 59.5 Å². The first-order valence-corrected chi connectivity index (χ1v) is 8.19. The lowest BCUT2D eigenvalue weighted by Crippen LogP contribution is -2.17. The second-order valence-corrected chi connectivity index (χ2v) is 6.07. The number of aryl methyl sites for hydroxylation is 1. The summed E-state index contributed by atoms with van der Waals surface area (Å²) in [5.74, 6) is 1.20. The number of nitrogen functional groups attached to an aromatic ring is 1. The number of nitrogens with zero attached hydrogens (tertiary/aromatic N) is 3. The molecular formula is C18H16N6O2. The molecule has 8 nitrogen and oxygen atoms in total. The van der Waals surface area contributed by atoms with Gasteiger partial charge in [-0.1, -0.05) is 0 Å². The van der Waals surface area contributed by atoms with Crippen molar-refractivity contribution >= 4 is 17.1 Å². The molecule has 0 bridgehead atoms.